The van der Waals surface area contributed by atoms with Crippen molar-refractivity contribution in [3.05, 3.63) is 47.0 Å². The molecular formula is C22H32N4OS. The molecule has 1 saturated heterocycles. The van der Waals surface area contributed by atoms with Crippen LogP contribution in [0.1, 0.15) is 50.4 Å². The molecule has 2 atom stereocenters. The quantitative estimate of drug-likeness (QED) is 0.763. The number of amides is 1. The lowest BCUT2D eigenvalue weighted by Gasteiger charge is -2.29. The largest absolute Gasteiger partial charge is 0.348 e. The highest BCUT2D eigenvalue weighted by atomic mass is 32.1. The van der Waals surface area contributed by atoms with Crippen molar-refractivity contribution >= 4 is 22.4 Å². The molecule has 0 aliphatic carbocycles. The van der Waals surface area contributed by atoms with Crippen LogP contribution < -0.4 is 10.2 Å². The van der Waals surface area contributed by atoms with Gasteiger partial charge in [0.1, 0.15) is 0 Å². The fraction of sp³-hybridized carbons (Fsp3) is 0.545. The van der Waals surface area contributed by atoms with Crippen LogP contribution in [-0.2, 0) is 4.79 Å². The van der Waals surface area contributed by atoms with Gasteiger partial charge in [0.15, 0.2) is 5.13 Å². The van der Waals surface area contributed by atoms with E-state index in [0.717, 1.165) is 56.3 Å². The molecule has 1 amide bonds. The molecule has 0 radical (unpaired) electrons. The summed E-state index contributed by atoms with van der Waals surface area (Å²) in [6.45, 7) is 9.98. The maximum atomic E-state index is 13.0. The number of aryl methyl sites for hydroxylation is 1. The van der Waals surface area contributed by atoms with Crippen LogP contribution in [0.3, 0.4) is 0 Å². The van der Waals surface area contributed by atoms with E-state index in [0.29, 0.717) is 0 Å². The molecule has 1 aliphatic heterocycles. The van der Waals surface area contributed by atoms with E-state index in [1.165, 1.54) is 5.56 Å². The monoisotopic (exact) mass is 400 g/mol. The fourth-order valence-corrected chi connectivity index (χ4v) is 4.61. The highest BCUT2D eigenvalue weighted by Gasteiger charge is 2.26. The third-order valence-corrected chi connectivity index (χ3v) is 6.45. The van der Waals surface area contributed by atoms with Gasteiger partial charge in [0.05, 0.1) is 17.8 Å². The van der Waals surface area contributed by atoms with Crippen LogP contribution in [0.25, 0.3) is 0 Å². The number of nitrogens with zero attached hydrogens (tertiary/aromatic N) is 3. The summed E-state index contributed by atoms with van der Waals surface area (Å²) >= 11 is 1.71. The Morgan fingerprint density at radius 3 is 2.68 bits per heavy atom. The SMILES string of the molecule is CCCC(NC(=O)C(C)N1CCCN(c2nc(C)cs2)CC1)c1ccccc1. The summed E-state index contributed by atoms with van der Waals surface area (Å²) in [6.07, 6.45) is 3.05. The highest BCUT2D eigenvalue weighted by Crippen LogP contribution is 2.22. The van der Waals surface area contributed by atoms with Crippen molar-refractivity contribution in [2.45, 2.75) is 52.1 Å². The first-order valence-electron chi connectivity index (χ1n) is 10.3. The van der Waals surface area contributed by atoms with Gasteiger partial charge in [-0.25, -0.2) is 4.98 Å². The molecular weight excluding hydrogens is 368 g/mol. The van der Waals surface area contributed by atoms with E-state index in [2.05, 4.69) is 44.5 Å². The molecule has 5 nitrogen and oxygen atoms in total. The van der Waals surface area contributed by atoms with Crippen molar-refractivity contribution in [3.63, 3.8) is 0 Å². The minimum absolute atomic E-state index is 0.0860. The summed E-state index contributed by atoms with van der Waals surface area (Å²) < 4.78 is 0. The van der Waals surface area contributed by atoms with Gasteiger partial charge in [-0.05, 0) is 32.3 Å². The van der Waals surface area contributed by atoms with Crippen molar-refractivity contribution in [2.24, 2.45) is 0 Å². The zero-order valence-electron chi connectivity index (χ0n) is 17.2. The van der Waals surface area contributed by atoms with E-state index < -0.39 is 0 Å². The zero-order chi connectivity index (χ0) is 19.9. The second-order valence-corrected chi connectivity index (χ2v) is 8.42. The predicted octanol–water partition coefficient (Wildman–Crippen LogP) is 4.01. The molecule has 1 N–H and O–H groups in total. The molecule has 1 aliphatic rings. The van der Waals surface area contributed by atoms with E-state index in [9.17, 15) is 4.79 Å². The number of hydrogen-bond acceptors (Lipinski definition) is 5. The van der Waals surface area contributed by atoms with E-state index in [1.807, 2.05) is 32.0 Å². The summed E-state index contributed by atoms with van der Waals surface area (Å²) in [5.41, 5.74) is 2.27. The second-order valence-electron chi connectivity index (χ2n) is 7.58. The molecule has 3 rings (SSSR count). The lowest BCUT2D eigenvalue weighted by molar-refractivity contribution is -0.126. The minimum atomic E-state index is -0.124. The van der Waals surface area contributed by atoms with Gasteiger partial charge in [-0.15, -0.1) is 11.3 Å². The number of carbonyl (C=O) groups is 1. The van der Waals surface area contributed by atoms with Crippen LogP contribution >= 0.6 is 11.3 Å². The number of carbonyl (C=O) groups excluding carboxylic acids is 1. The third kappa shape index (κ3) is 5.32. The molecule has 0 saturated carbocycles. The molecule has 1 aromatic carbocycles. The van der Waals surface area contributed by atoms with Crippen LogP contribution in [0.15, 0.2) is 35.7 Å². The first-order chi connectivity index (χ1) is 13.6. The van der Waals surface area contributed by atoms with Crippen LogP contribution in [0.5, 0.6) is 0 Å². The lowest BCUT2D eigenvalue weighted by atomic mass is 10.0. The fourth-order valence-electron chi connectivity index (χ4n) is 3.76. The maximum Gasteiger partial charge on any atom is 0.237 e. The molecule has 2 heterocycles. The van der Waals surface area contributed by atoms with Gasteiger partial charge in [0.25, 0.3) is 0 Å². The molecule has 0 bridgehead atoms. The van der Waals surface area contributed by atoms with Crippen LogP contribution in [-0.4, -0.2) is 48.0 Å². The van der Waals surface area contributed by atoms with Crippen molar-refractivity contribution in [3.8, 4) is 0 Å². The topological polar surface area (TPSA) is 48.5 Å². The van der Waals surface area contributed by atoms with Gasteiger partial charge < -0.3 is 10.2 Å². The van der Waals surface area contributed by atoms with Crippen molar-refractivity contribution in [1.82, 2.24) is 15.2 Å². The summed E-state index contributed by atoms with van der Waals surface area (Å²) in [5.74, 6) is 0.126. The molecule has 2 aromatic rings. The number of hydrogen-bond donors (Lipinski definition) is 1. The van der Waals surface area contributed by atoms with Gasteiger partial charge in [-0.2, -0.15) is 0 Å². The Labute approximate surface area is 172 Å². The van der Waals surface area contributed by atoms with Gasteiger partial charge in [0.2, 0.25) is 5.91 Å². The molecule has 28 heavy (non-hydrogen) atoms. The number of thiazole rings is 1. The van der Waals surface area contributed by atoms with E-state index in [1.54, 1.807) is 11.3 Å². The van der Waals surface area contributed by atoms with E-state index in [-0.39, 0.29) is 18.0 Å². The summed E-state index contributed by atoms with van der Waals surface area (Å²) in [6, 6.07) is 10.3. The molecule has 1 aromatic heterocycles. The van der Waals surface area contributed by atoms with Crippen LogP contribution in [0.2, 0.25) is 0 Å². The van der Waals surface area contributed by atoms with Gasteiger partial charge in [0, 0.05) is 31.6 Å². The Morgan fingerprint density at radius 2 is 2.00 bits per heavy atom. The molecule has 0 spiro atoms. The number of rotatable bonds is 7. The van der Waals surface area contributed by atoms with Crippen molar-refractivity contribution in [1.29, 1.82) is 0 Å². The predicted molar refractivity (Wildman–Crippen MR) is 117 cm³/mol. The first-order valence-corrected chi connectivity index (χ1v) is 11.2. The van der Waals surface area contributed by atoms with Crippen molar-refractivity contribution < 1.29 is 4.79 Å². The van der Waals surface area contributed by atoms with E-state index in [4.69, 9.17) is 0 Å². The van der Waals surface area contributed by atoms with Gasteiger partial charge in [-0.3, -0.25) is 9.69 Å². The number of nitrogens with one attached hydrogen (secondary N) is 1. The highest BCUT2D eigenvalue weighted by molar-refractivity contribution is 7.13. The normalized spacial score (nSPS) is 17.8. The standard InChI is InChI=1S/C22H32N4OS/c1-4-9-20(19-10-6-5-7-11-19)24-21(27)18(3)25-12-8-13-26(15-14-25)22-23-17(2)16-28-22/h5-7,10-11,16,18,20H,4,8-9,12-15H2,1-3H3,(H,24,27). The van der Waals surface area contributed by atoms with Crippen LogP contribution in [0, 0.1) is 6.92 Å². The van der Waals surface area contributed by atoms with Crippen molar-refractivity contribution in [2.75, 3.05) is 31.1 Å². The van der Waals surface area contributed by atoms with Gasteiger partial charge in [-0.1, -0.05) is 43.7 Å². The molecule has 2 unspecified atom stereocenters. The Kier molecular flexibility index (Phi) is 7.45. The molecule has 6 heteroatoms. The molecule has 1 fully saturated rings. The first kappa shape index (κ1) is 20.8. The van der Waals surface area contributed by atoms with E-state index >= 15 is 0 Å². The summed E-state index contributed by atoms with van der Waals surface area (Å²) in [7, 11) is 0. The Bertz CT molecular complexity index is 748. The van der Waals surface area contributed by atoms with Crippen LogP contribution in [0.4, 0.5) is 5.13 Å². The lowest BCUT2D eigenvalue weighted by Crippen LogP contribution is -2.47. The number of aromatic nitrogens is 1. The average molecular weight is 401 g/mol. The number of anilines is 1. The third-order valence-electron chi connectivity index (χ3n) is 5.43. The smallest absolute Gasteiger partial charge is 0.237 e. The summed E-state index contributed by atoms with van der Waals surface area (Å²) in [5, 5.41) is 6.50. The number of benzene rings is 1. The van der Waals surface area contributed by atoms with Gasteiger partial charge >= 0.3 is 0 Å². The average Bonchev–Trinajstić information content (AvgIpc) is 2.99. The Hall–Kier alpha value is -1.92. The molecule has 152 valence electrons. The second kappa shape index (κ2) is 10.0. The summed E-state index contributed by atoms with van der Waals surface area (Å²) in [4.78, 5) is 22.3. The Morgan fingerprint density at radius 1 is 1.21 bits per heavy atom. The Balaban J connectivity index is 1.59. The minimum Gasteiger partial charge on any atom is -0.348 e. The zero-order valence-corrected chi connectivity index (χ0v) is 18.0. The maximum absolute atomic E-state index is 13.0.